The van der Waals surface area contributed by atoms with Gasteiger partial charge in [0, 0.05) is 5.56 Å². The second-order valence-corrected chi connectivity index (χ2v) is 7.81. The van der Waals surface area contributed by atoms with E-state index in [1.54, 1.807) is 30.5 Å². The lowest BCUT2D eigenvalue weighted by atomic mass is 10.2. The summed E-state index contributed by atoms with van der Waals surface area (Å²) in [6.45, 7) is 11.2. The van der Waals surface area contributed by atoms with Crippen molar-refractivity contribution >= 4 is 12.1 Å². The number of hydrazone groups is 1. The van der Waals surface area contributed by atoms with Gasteiger partial charge in [0.05, 0.1) is 19.4 Å². The minimum atomic E-state index is -0.370. The van der Waals surface area contributed by atoms with E-state index < -0.39 is 0 Å². The Balaban J connectivity index is 1.65. The summed E-state index contributed by atoms with van der Waals surface area (Å²) >= 11 is 0. The van der Waals surface area contributed by atoms with Gasteiger partial charge in [-0.25, -0.2) is 5.43 Å². The van der Waals surface area contributed by atoms with E-state index >= 15 is 0 Å². The second kappa shape index (κ2) is 13.6. The van der Waals surface area contributed by atoms with Crippen LogP contribution < -0.4 is 24.4 Å². The molecule has 188 valence electrons. The van der Waals surface area contributed by atoms with Crippen molar-refractivity contribution in [1.29, 1.82) is 0 Å². The lowest BCUT2D eigenvalue weighted by Gasteiger charge is -2.13. The molecule has 0 aliphatic heterocycles. The van der Waals surface area contributed by atoms with Gasteiger partial charge in [0.25, 0.3) is 5.91 Å². The van der Waals surface area contributed by atoms with Crippen LogP contribution in [0.25, 0.3) is 0 Å². The first kappa shape index (κ1) is 26.3. The van der Waals surface area contributed by atoms with E-state index in [0.717, 1.165) is 11.1 Å². The van der Waals surface area contributed by atoms with Crippen LogP contribution in [-0.2, 0) is 6.61 Å². The average Bonchev–Trinajstić information content (AvgIpc) is 2.88. The summed E-state index contributed by atoms with van der Waals surface area (Å²) in [5.74, 6) is 1.91. The lowest BCUT2D eigenvalue weighted by Crippen LogP contribution is -2.17. The van der Waals surface area contributed by atoms with Crippen LogP contribution in [0.15, 0.2) is 78.4 Å². The molecule has 1 N–H and O–H groups in total. The van der Waals surface area contributed by atoms with Crippen LogP contribution in [-0.4, -0.2) is 31.9 Å². The van der Waals surface area contributed by atoms with Crippen molar-refractivity contribution in [2.24, 2.45) is 5.10 Å². The van der Waals surface area contributed by atoms with Crippen molar-refractivity contribution in [1.82, 2.24) is 5.43 Å². The Morgan fingerprint density at radius 2 is 1.53 bits per heavy atom. The minimum absolute atomic E-state index is 0.343. The van der Waals surface area contributed by atoms with Gasteiger partial charge < -0.3 is 18.9 Å². The van der Waals surface area contributed by atoms with Crippen molar-refractivity contribution in [2.75, 3.05) is 19.8 Å². The average molecular weight is 489 g/mol. The molecule has 0 aromatic heterocycles. The molecule has 1 amide bonds. The number of ether oxygens (including phenoxy) is 4. The van der Waals surface area contributed by atoms with E-state index in [1.165, 1.54) is 5.56 Å². The molecule has 7 heteroatoms. The zero-order valence-corrected chi connectivity index (χ0v) is 21.0. The summed E-state index contributed by atoms with van der Waals surface area (Å²) in [5, 5.41) is 4.09. The third kappa shape index (κ3) is 7.63. The second-order valence-electron chi connectivity index (χ2n) is 7.81. The number of rotatable bonds is 13. The molecule has 0 fully saturated rings. The molecule has 3 aromatic rings. The summed E-state index contributed by atoms with van der Waals surface area (Å²) in [4.78, 5) is 12.6. The van der Waals surface area contributed by atoms with Crippen LogP contribution in [0.4, 0.5) is 0 Å². The maximum absolute atomic E-state index is 12.6. The Kier molecular flexibility index (Phi) is 9.94. The molecular weight excluding hydrogens is 456 g/mol. The van der Waals surface area contributed by atoms with Crippen molar-refractivity contribution in [2.45, 2.75) is 27.4 Å². The Morgan fingerprint density at radius 3 is 2.22 bits per heavy atom. The molecule has 0 unspecified atom stereocenters. The molecule has 3 rings (SSSR count). The Bertz CT molecular complexity index is 1190. The highest BCUT2D eigenvalue weighted by Gasteiger charge is 2.11. The van der Waals surface area contributed by atoms with Gasteiger partial charge in [0.2, 0.25) is 0 Å². The van der Waals surface area contributed by atoms with Gasteiger partial charge in [-0.2, -0.15) is 5.10 Å². The number of nitrogens with zero attached hydrogens (tertiary/aromatic N) is 1. The molecule has 0 heterocycles. The van der Waals surface area contributed by atoms with E-state index in [4.69, 9.17) is 18.9 Å². The van der Waals surface area contributed by atoms with E-state index in [0.29, 0.717) is 55.0 Å². The molecular formula is C29H32N2O5. The molecule has 0 atom stereocenters. The molecule has 36 heavy (non-hydrogen) atoms. The summed E-state index contributed by atoms with van der Waals surface area (Å²) in [7, 11) is 0. The predicted molar refractivity (Wildman–Crippen MR) is 141 cm³/mol. The van der Waals surface area contributed by atoms with Crippen LogP contribution in [0.3, 0.4) is 0 Å². The lowest BCUT2D eigenvalue weighted by molar-refractivity contribution is 0.0954. The molecule has 7 nitrogen and oxygen atoms in total. The van der Waals surface area contributed by atoms with Crippen LogP contribution in [0.2, 0.25) is 0 Å². The number of amides is 1. The number of carbonyl (C=O) groups is 1. The molecule has 0 spiro atoms. The number of hydrogen-bond donors (Lipinski definition) is 1. The van der Waals surface area contributed by atoms with Crippen molar-refractivity contribution in [3.63, 3.8) is 0 Å². The summed E-state index contributed by atoms with van der Waals surface area (Å²) < 4.78 is 22.9. The molecule has 0 saturated carbocycles. The highest BCUT2D eigenvalue weighted by molar-refractivity contribution is 5.95. The number of aryl methyl sites for hydroxylation is 1. The van der Waals surface area contributed by atoms with E-state index in [2.05, 4.69) is 36.2 Å². The summed E-state index contributed by atoms with van der Waals surface area (Å²) in [5.41, 5.74) is 5.97. The normalized spacial score (nSPS) is 10.6. The number of nitrogens with one attached hydrogen (secondary N) is 1. The maximum atomic E-state index is 12.6. The Labute approximate surface area is 212 Å². The van der Waals surface area contributed by atoms with Gasteiger partial charge in [-0.3, -0.25) is 4.79 Å². The summed E-state index contributed by atoms with van der Waals surface area (Å²) in [6.07, 6.45) is 3.19. The fraction of sp³-hybridized carbons (Fsp3) is 0.241. The van der Waals surface area contributed by atoms with Gasteiger partial charge in [0.1, 0.15) is 13.2 Å². The van der Waals surface area contributed by atoms with Crippen LogP contribution in [0.5, 0.6) is 23.0 Å². The molecule has 3 aromatic carbocycles. The first-order valence-electron chi connectivity index (χ1n) is 11.8. The standard InChI is InChI=1S/C29H32N2O5/c1-5-16-35-25-15-13-24(18-28(25)34-7-3)29(32)31-30-19-23-12-14-26(27(17-23)33-6-2)36-20-22-10-8-21(4)9-11-22/h5,8-15,17-19H,1,6-7,16,20H2,2-4H3,(H,31,32)/b30-19+. The molecule has 0 saturated heterocycles. The molecule has 0 aliphatic rings. The van der Waals surface area contributed by atoms with Crippen LogP contribution in [0.1, 0.15) is 40.9 Å². The topological polar surface area (TPSA) is 78.4 Å². The van der Waals surface area contributed by atoms with Gasteiger partial charge >= 0.3 is 0 Å². The van der Waals surface area contributed by atoms with Gasteiger partial charge in [-0.1, -0.05) is 42.5 Å². The monoisotopic (exact) mass is 488 g/mol. The minimum Gasteiger partial charge on any atom is -0.490 e. The van der Waals surface area contributed by atoms with Crippen LogP contribution >= 0.6 is 0 Å². The summed E-state index contributed by atoms with van der Waals surface area (Å²) in [6, 6.07) is 18.7. The smallest absolute Gasteiger partial charge is 0.271 e. The first-order chi connectivity index (χ1) is 17.5. The van der Waals surface area contributed by atoms with Crippen LogP contribution in [0, 0.1) is 6.92 Å². The zero-order chi connectivity index (χ0) is 25.8. The van der Waals surface area contributed by atoms with E-state index in [9.17, 15) is 4.79 Å². The van der Waals surface area contributed by atoms with Crippen molar-refractivity contribution < 1.29 is 23.7 Å². The van der Waals surface area contributed by atoms with E-state index in [-0.39, 0.29) is 5.91 Å². The van der Waals surface area contributed by atoms with Gasteiger partial charge in [-0.05, 0) is 68.3 Å². The maximum Gasteiger partial charge on any atom is 0.271 e. The highest BCUT2D eigenvalue weighted by atomic mass is 16.5. The third-order valence-electron chi connectivity index (χ3n) is 5.02. The predicted octanol–water partition coefficient (Wildman–Crippen LogP) is 5.70. The van der Waals surface area contributed by atoms with E-state index in [1.807, 2.05) is 44.2 Å². The van der Waals surface area contributed by atoms with Gasteiger partial charge in [0.15, 0.2) is 23.0 Å². The number of hydrogen-bond acceptors (Lipinski definition) is 6. The Hall–Kier alpha value is -4.26. The SMILES string of the molecule is C=CCOc1ccc(C(=O)N/N=C/c2ccc(OCc3ccc(C)cc3)c(OCC)c2)cc1OCC. The molecule has 0 bridgehead atoms. The first-order valence-corrected chi connectivity index (χ1v) is 11.8. The fourth-order valence-corrected chi connectivity index (χ4v) is 3.25. The largest absolute Gasteiger partial charge is 0.490 e. The number of benzene rings is 3. The van der Waals surface area contributed by atoms with Crippen molar-refractivity contribution in [3.8, 4) is 23.0 Å². The number of carbonyl (C=O) groups excluding carboxylic acids is 1. The molecule has 0 radical (unpaired) electrons. The fourth-order valence-electron chi connectivity index (χ4n) is 3.25. The van der Waals surface area contributed by atoms with Gasteiger partial charge in [-0.15, -0.1) is 0 Å². The Morgan fingerprint density at radius 1 is 0.861 bits per heavy atom. The highest BCUT2D eigenvalue weighted by Crippen LogP contribution is 2.30. The van der Waals surface area contributed by atoms with Crippen molar-refractivity contribution in [3.05, 3.63) is 95.6 Å². The molecule has 0 aliphatic carbocycles. The zero-order valence-electron chi connectivity index (χ0n) is 21.0. The third-order valence-corrected chi connectivity index (χ3v) is 5.02. The quantitative estimate of drug-likeness (QED) is 0.190.